The van der Waals surface area contributed by atoms with Crippen molar-refractivity contribution >= 4 is 5.78 Å². The first-order chi connectivity index (χ1) is 7.13. The summed E-state index contributed by atoms with van der Waals surface area (Å²) in [5.74, 6) is -0.0625. The summed E-state index contributed by atoms with van der Waals surface area (Å²) < 4.78 is 0. The number of hydrogen-bond donors (Lipinski definition) is 2. The molecule has 1 aliphatic carbocycles. The molecular weight excluding hydrogens is 190 g/mol. The first-order valence-electron chi connectivity index (χ1n) is 5.19. The number of nitrogens with two attached hydrogens (primary N) is 1. The molecule has 2 atom stereocenters. The topological polar surface area (TPSA) is 63.3 Å². The Balaban J connectivity index is 2.31. The Hall–Kier alpha value is -1.19. The van der Waals surface area contributed by atoms with Crippen LogP contribution in [0.5, 0.6) is 0 Å². The highest BCUT2D eigenvalue weighted by Crippen LogP contribution is 2.31. The van der Waals surface area contributed by atoms with E-state index in [1.54, 1.807) is 0 Å². The standard InChI is InChI=1S/C12H15NO2/c13-12(9-4-2-1-3-5-9)7-6-10(14)8-11(12)15/h1-5,10,14H,6-8,13H2/t10-,12-/m1/s1. The van der Waals surface area contributed by atoms with Crippen LogP contribution in [0.2, 0.25) is 0 Å². The molecule has 3 nitrogen and oxygen atoms in total. The summed E-state index contributed by atoms with van der Waals surface area (Å²) in [5, 5.41) is 9.38. The van der Waals surface area contributed by atoms with Gasteiger partial charge in [-0.2, -0.15) is 0 Å². The van der Waals surface area contributed by atoms with Crippen molar-refractivity contribution < 1.29 is 9.90 Å². The molecule has 1 fully saturated rings. The highest BCUT2D eigenvalue weighted by molar-refractivity contribution is 5.90. The van der Waals surface area contributed by atoms with E-state index in [4.69, 9.17) is 5.73 Å². The van der Waals surface area contributed by atoms with E-state index < -0.39 is 11.6 Å². The Labute approximate surface area is 88.9 Å². The van der Waals surface area contributed by atoms with Crippen molar-refractivity contribution in [3.63, 3.8) is 0 Å². The molecule has 0 amide bonds. The average Bonchev–Trinajstić information content (AvgIpc) is 2.25. The molecule has 1 saturated carbocycles. The first kappa shape index (κ1) is 10.3. The number of aliphatic hydroxyl groups excluding tert-OH is 1. The van der Waals surface area contributed by atoms with E-state index in [9.17, 15) is 9.90 Å². The fraction of sp³-hybridized carbons (Fsp3) is 0.417. The summed E-state index contributed by atoms with van der Waals surface area (Å²) >= 11 is 0. The number of ketones is 1. The van der Waals surface area contributed by atoms with Crippen LogP contribution in [0.3, 0.4) is 0 Å². The molecule has 0 unspecified atom stereocenters. The van der Waals surface area contributed by atoms with Crippen LogP contribution in [0, 0.1) is 0 Å². The predicted octanol–water partition coefficient (Wildman–Crippen LogP) is 0.955. The van der Waals surface area contributed by atoms with Gasteiger partial charge in [0.15, 0.2) is 5.78 Å². The van der Waals surface area contributed by atoms with Gasteiger partial charge in [-0.1, -0.05) is 30.3 Å². The van der Waals surface area contributed by atoms with Crippen LogP contribution < -0.4 is 5.73 Å². The molecule has 0 bridgehead atoms. The molecule has 1 aromatic rings. The summed E-state index contributed by atoms with van der Waals surface area (Å²) in [6.07, 6.45) is 0.775. The second-order valence-corrected chi connectivity index (χ2v) is 4.16. The molecule has 15 heavy (non-hydrogen) atoms. The van der Waals surface area contributed by atoms with Crippen molar-refractivity contribution in [1.82, 2.24) is 0 Å². The smallest absolute Gasteiger partial charge is 0.159 e. The summed E-state index contributed by atoms with van der Waals surface area (Å²) in [4.78, 5) is 11.8. The number of benzene rings is 1. The predicted molar refractivity (Wildman–Crippen MR) is 57.2 cm³/mol. The van der Waals surface area contributed by atoms with E-state index in [2.05, 4.69) is 0 Å². The molecule has 0 heterocycles. The minimum absolute atomic E-state index is 0.0625. The number of rotatable bonds is 1. The SMILES string of the molecule is N[C@@]1(c2ccccc2)CC[C@@H](O)CC1=O. The lowest BCUT2D eigenvalue weighted by Crippen LogP contribution is -2.49. The Bertz CT molecular complexity index is 363. The van der Waals surface area contributed by atoms with Crippen molar-refractivity contribution in [3.05, 3.63) is 35.9 Å². The second kappa shape index (κ2) is 3.76. The third kappa shape index (κ3) is 1.80. The van der Waals surface area contributed by atoms with Gasteiger partial charge in [-0.3, -0.25) is 4.79 Å². The van der Waals surface area contributed by atoms with Gasteiger partial charge in [0.05, 0.1) is 6.10 Å². The number of hydrogen-bond acceptors (Lipinski definition) is 3. The summed E-state index contributed by atoms with van der Waals surface area (Å²) in [6.45, 7) is 0. The van der Waals surface area contributed by atoms with Crippen molar-refractivity contribution in [2.24, 2.45) is 5.73 Å². The molecule has 0 spiro atoms. The van der Waals surface area contributed by atoms with Crippen molar-refractivity contribution in [2.45, 2.75) is 30.9 Å². The monoisotopic (exact) mass is 205 g/mol. The maximum Gasteiger partial charge on any atom is 0.159 e. The maximum atomic E-state index is 11.8. The molecular formula is C12H15NO2. The normalized spacial score (nSPS) is 31.6. The fourth-order valence-electron chi connectivity index (χ4n) is 2.07. The van der Waals surface area contributed by atoms with Gasteiger partial charge in [-0.25, -0.2) is 0 Å². The third-order valence-corrected chi connectivity index (χ3v) is 3.08. The molecule has 0 radical (unpaired) electrons. The Morgan fingerprint density at radius 1 is 1.33 bits per heavy atom. The third-order valence-electron chi connectivity index (χ3n) is 3.08. The molecule has 0 aliphatic heterocycles. The zero-order valence-electron chi connectivity index (χ0n) is 8.52. The van der Waals surface area contributed by atoms with Crippen LogP contribution in [-0.2, 0) is 10.3 Å². The van der Waals surface area contributed by atoms with Gasteiger partial charge in [0.25, 0.3) is 0 Å². The second-order valence-electron chi connectivity index (χ2n) is 4.16. The molecule has 80 valence electrons. The Morgan fingerprint density at radius 3 is 2.60 bits per heavy atom. The van der Waals surface area contributed by atoms with Gasteiger partial charge in [-0.05, 0) is 18.4 Å². The van der Waals surface area contributed by atoms with Gasteiger partial charge in [-0.15, -0.1) is 0 Å². The number of Topliss-reactive ketones (excluding diaryl/α,β-unsaturated/α-hetero) is 1. The lowest BCUT2D eigenvalue weighted by atomic mass is 9.75. The van der Waals surface area contributed by atoms with Gasteiger partial charge < -0.3 is 10.8 Å². The van der Waals surface area contributed by atoms with Crippen LogP contribution in [-0.4, -0.2) is 17.0 Å². The number of aliphatic hydroxyl groups is 1. The first-order valence-corrected chi connectivity index (χ1v) is 5.19. The maximum absolute atomic E-state index is 11.8. The van der Waals surface area contributed by atoms with E-state index in [0.29, 0.717) is 12.8 Å². The molecule has 3 N–H and O–H groups in total. The minimum atomic E-state index is -0.888. The average molecular weight is 205 g/mol. The van der Waals surface area contributed by atoms with Gasteiger partial charge in [0, 0.05) is 6.42 Å². The van der Waals surface area contributed by atoms with Crippen LogP contribution in [0.25, 0.3) is 0 Å². The van der Waals surface area contributed by atoms with E-state index in [-0.39, 0.29) is 12.2 Å². The van der Waals surface area contributed by atoms with E-state index in [0.717, 1.165) is 5.56 Å². The molecule has 3 heteroatoms. The molecule has 2 rings (SSSR count). The molecule has 0 aromatic heterocycles. The van der Waals surface area contributed by atoms with E-state index in [1.807, 2.05) is 30.3 Å². The quantitative estimate of drug-likeness (QED) is 0.717. The van der Waals surface area contributed by atoms with Crippen LogP contribution >= 0.6 is 0 Å². The van der Waals surface area contributed by atoms with E-state index >= 15 is 0 Å². The van der Waals surface area contributed by atoms with Gasteiger partial charge in [0.2, 0.25) is 0 Å². The van der Waals surface area contributed by atoms with Crippen molar-refractivity contribution in [1.29, 1.82) is 0 Å². The largest absolute Gasteiger partial charge is 0.393 e. The summed E-state index contributed by atoms with van der Waals surface area (Å²) in [7, 11) is 0. The van der Waals surface area contributed by atoms with Crippen molar-refractivity contribution in [2.75, 3.05) is 0 Å². The number of carbonyl (C=O) groups is 1. The lowest BCUT2D eigenvalue weighted by Gasteiger charge is -2.34. The molecule has 1 aliphatic rings. The summed E-state index contributed by atoms with van der Waals surface area (Å²) in [6, 6.07) is 9.39. The summed E-state index contributed by atoms with van der Waals surface area (Å²) in [5.41, 5.74) is 6.09. The highest BCUT2D eigenvalue weighted by Gasteiger charge is 2.40. The van der Waals surface area contributed by atoms with Gasteiger partial charge in [0.1, 0.15) is 5.54 Å². The van der Waals surface area contributed by atoms with Gasteiger partial charge >= 0.3 is 0 Å². The highest BCUT2D eigenvalue weighted by atomic mass is 16.3. The Kier molecular flexibility index (Phi) is 2.59. The fourth-order valence-corrected chi connectivity index (χ4v) is 2.07. The zero-order chi connectivity index (χ0) is 10.9. The molecule has 1 aromatic carbocycles. The molecule has 0 saturated heterocycles. The number of carbonyl (C=O) groups excluding carboxylic acids is 1. The van der Waals surface area contributed by atoms with Crippen LogP contribution in [0.1, 0.15) is 24.8 Å². The Morgan fingerprint density at radius 2 is 2.00 bits per heavy atom. The van der Waals surface area contributed by atoms with Crippen LogP contribution in [0.15, 0.2) is 30.3 Å². The van der Waals surface area contributed by atoms with E-state index in [1.165, 1.54) is 0 Å². The van der Waals surface area contributed by atoms with Crippen molar-refractivity contribution in [3.8, 4) is 0 Å². The lowest BCUT2D eigenvalue weighted by molar-refractivity contribution is -0.129. The zero-order valence-corrected chi connectivity index (χ0v) is 8.52. The van der Waals surface area contributed by atoms with Crippen LogP contribution in [0.4, 0.5) is 0 Å². The minimum Gasteiger partial charge on any atom is -0.393 e.